The van der Waals surface area contributed by atoms with Gasteiger partial charge in [0.05, 0.1) is 11.5 Å². The first-order valence-electron chi connectivity index (χ1n) is 9.21. The smallest absolute Gasteiger partial charge is 0.233 e. The van der Waals surface area contributed by atoms with Gasteiger partial charge in [0.15, 0.2) is 9.84 Å². The lowest BCUT2D eigenvalue weighted by Gasteiger charge is -2.26. The van der Waals surface area contributed by atoms with Crippen LogP contribution in [0.1, 0.15) is 44.7 Å². The summed E-state index contributed by atoms with van der Waals surface area (Å²) >= 11 is 0. The van der Waals surface area contributed by atoms with Crippen LogP contribution in [0.4, 0.5) is 5.69 Å². The van der Waals surface area contributed by atoms with Crippen LogP contribution in [0.3, 0.4) is 0 Å². The minimum atomic E-state index is -3.07. The van der Waals surface area contributed by atoms with E-state index in [1.165, 1.54) is 4.90 Å². The number of rotatable bonds is 7. The van der Waals surface area contributed by atoms with Crippen molar-refractivity contribution in [3.8, 4) is 0 Å². The third-order valence-electron chi connectivity index (χ3n) is 4.89. The molecule has 0 bridgehead atoms. The summed E-state index contributed by atoms with van der Waals surface area (Å²) in [5.41, 5.74) is 2.88. The maximum absolute atomic E-state index is 12.6. The molecular formula is C19H28N2O4S. The fourth-order valence-electron chi connectivity index (χ4n) is 3.49. The van der Waals surface area contributed by atoms with E-state index in [1.807, 2.05) is 39.0 Å². The number of nitrogens with zero attached hydrogens (tertiary/aromatic N) is 1. The Morgan fingerprint density at radius 3 is 2.23 bits per heavy atom. The molecule has 26 heavy (non-hydrogen) atoms. The molecule has 0 saturated carbocycles. The zero-order valence-corrected chi connectivity index (χ0v) is 16.6. The second kappa shape index (κ2) is 8.66. The van der Waals surface area contributed by atoms with Crippen LogP contribution in [-0.4, -0.2) is 49.2 Å². The second-order valence-corrected chi connectivity index (χ2v) is 8.85. The van der Waals surface area contributed by atoms with E-state index < -0.39 is 9.84 Å². The van der Waals surface area contributed by atoms with Crippen molar-refractivity contribution < 1.29 is 18.0 Å². The first kappa shape index (κ1) is 20.4. The minimum absolute atomic E-state index is 0.00709. The lowest BCUT2D eigenvalue weighted by atomic mass is 10.0. The van der Waals surface area contributed by atoms with Crippen LogP contribution in [0.25, 0.3) is 0 Å². The van der Waals surface area contributed by atoms with Gasteiger partial charge >= 0.3 is 0 Å². The molecular weight excluding hydrogens is 352 g/mol. The van der Waals surface area contributed by atoms with E-state index in [0.29, 0.717) is 13.0 Å². The molecule has 7 heteroatoms. The summed E-state index contributed by atoms with van der Waals surface area (Å²) in [7, 11) is -3.07. The van der Waals surface area contributed by atoms with Crippen molar-refractivity contribution in [2.45, 2.75) is 52.5 Å². The highest BCUT2D eigenvalue weighted by atomic mass is 32.2. The first-order valence-corrected chi connectivity index (χ1v) is 11.0. The number of carbonyl (C=O) groups is 2. The Labute approximate surface area is 155 Å². The molecule has 1 saturated heterocycles. The lowest BCUT2D eigenvalue weighted by Crippen LogP contribution is -2.42. The summed E-state index contributed by atoms with van der Waals surface area (Å²) in [6.07, 6.45) is 1.75. The topological polar surface area (TPSA) is 83.6 Å². The van der Waals surface area contributed by atoms with E-state index in [9.17, 15) is 18.0 Å². The zero-order chi connectivity index (χ0) is 19.3. The third-order valence-corrected chi connectivity index (χ3v) is 6.64. The van der Waals surface area contributed by atoms with Crippen molar-refractivity contribution in [1.29, 1.82) is 0 Å². The molecule has 0 aromatic heterocycles. The van der Waals surface area contributed by atoms with E-state index in [0.717, 1.165) is 29.7 Å². The number of amides is 2. The summed E-state index contributed by atoms with van der Waals surface area (Å²) in [5, 5.41) is 2.89. The Morgan fingerprint density at radius 1 is 1.15 bits per heavy atom. The minimum Gasteiger partial charge on any atom is -0.338 e. The number of carbonyl (C=O) groups excluding carboxylic acids is 2. The van der Waals surface area contributed by atoms with Gasteiger partial charge < -0.3 is 10.2 Å². The van der Waals surface area contributed by atoms with Crippen LogP contribution < -0.4 is 5.32 Å². The summed E-state index contributed by atoms with van der Waals surface area (Å²) in [5.74, 6) is -0.575. The zero-order valence-electron chi connectivity index (χ0n) is 15.7. The van der Waals surface area contributed by atoms with Gasteiger partial charge in [-0.1, -0.05) is 32.0 Å². The van der Waals surface area contributed by atoms with Gasteiger partial charge in [-0.2, -0.15) is 0 Å². The molecule has 6 nitrogen and oxygen atoms in total. The summed E-state index contributed by atoms with van der Waals surface area (Å²) in [6, 6.07) is 5.59. The van der Waals surface area contributed by atoms with Crippen LogP contribution >= 0.6 is 0 Å². The van der Waals surface area contributed by atoms with E-state index >= 15 is 0 Å². The number of anilines is 1. The van der Waals surface area contributed by atoms with Gasteiger partial charge in [0, 0.05) is 18.3 Å². The van der Waals surface area contributed by atoms with Crippen molar-refractivity contribution in [2.75, 3.05) is 23.4 Å². The third kappa shape index (κ3) is 4.84. The van der Waals surface area contributed by atoms with Crippen LogP contribution in [0, 0.1) is 0 Å². The quantitative estimate of drug-likeness (QED) is 0.735. The normalized spacial score (nSPS) is 18.5. The fraction of sp³-hybridized carbons (Fsp3) is 0.579. The highest BCUT2D eigenvalue weighted by molar-refractivity contribution is 7.91. The van der Waals surface area contributed by atoms with Crippen molar-refractivity contribution in [3.05, 3.63) is 29.3 Å². The summed E-state index contributed by atoms with van der Waals surface area (Å²) in [6.45, 7) is 6.25. The Kier molecular flexibility index (Phi) is 6.81. The maximum atomic E-state index is 12.6. The molecule has 0 aliphatic carbocycles. The summed E-state index contributed by atoms with van der Waals surface area (Å²) in [4.78, 5) is 26.5. The largest absolute Gasteiger partial charge is 0.338 e. The molecule has 2 rings (SSSR count). The van der Waals surface area contributed by atoms with E-state index in [1.54, 1.807) is 0 Å². The number of sulfone groups is 1. The highest BCUT2D eigenvalue weighted by Crippen LogP contribution is 2.23. The van der Waals surface area contributed by atoms with Crippen molar-refractivity contribution >= 4 is 27.3 Å². The number of benzene rings is 1. The SMILES string of the molecule is CCc1cccc(CC)c1NC(=O)CC(=O)N(CC)C1CCS(=O)(=O)C1. The van der Waals surface area contributed by atoms with Gasteiger partial charge in [0.2, 0.25) is 11.8 Å². The number of aryl methyl sites for hydroxylation is 2. The molecule has 1 atom stereocenters. The molecule has 144 valence electrons. The van der Waals surface area contributed by atoms with Crippen molar-refractivity contribution in [3.63, 3.8) is 0 Å². The van der Waals surface area contributed by atoms with E-state index in [2.05, 4.69) is 5.32 Å². The van der Waals surface area contributed by atoms with Crippen LogP contribution in [0.5, 0.6) is 0 Å². The number of hydrogen-bond acceptors (Lipinski definition) is 4. The number of hydrogen-bond donors (Lipinski definition) is 1. The monoisotopic (exact) mass is 380 g/mol. The highest BCUT2D eigenvalue weighted by Gasteiger charge is 2.34. The molecule has 1 aromatic carbocycles. The van der Waals surface area contributed by atoms with Gasteiger partial charge in [0.1, 0.15) is 6.42 Å². The molecule has 1 unspecified atom stereocenters. The molecule has 1 heterocycles. The Bertz CT molecular complexity index is 751. The molecule has 1 aliphatic heterocycles. The molecule has 1 N–H and O–H groups in total. The van der Waals surface area contributed by atoms with Crippen molar-refractivity contribution in [2.24, 2.45) is 0 Å². The molecule has 1 aliphatic rings. The number of para-hydroxylation sites is 1. The first-order chi connectivity index (χ1) is 12.3. The van der Waals surface area contributed by atoms with Gasteiger partial charge in [0.25, 0.3) is 0 Å². The maximum Gasteiger partial charge on any atom is 0.233 e. The van der Waals surface area contributed by atoms with E-state index in [-0.39, 0.29) is 35.8 Å². The summed E-state index contributed by atoms with van der Waals surface area (Å²) < 4.78 is 23.3. The molecule has 0 spiro atoms. The molecule has 1 aromatic rings. The van der Waals surface area contributed by atoms with Crippen molar-refractivity contribution in [1.82, 2.24) is 4.90 Å². The average molecular weight is 381 g/mol. The predicted molar refractivity (Wildman–Crippen MR) is 103 cm³/mol. The lowest BCUT2D eigenvalue weighted by molar-refractivity contribution is -0.135. The Hall–Kier alpha value is -1.89. The Balaban J connectivity index is 2.06. The molecule has 1 fully saturated rings. The molecule has 0 radical (unpaired) electrons. The van der Waals surface area contributed by atoms with Crippen LogP contribution in [-0.2, 0) is 32.3 Å². The number of nitrogens with one attached hydrogen (secondary N) is 1. The van der Waals surface area contributed by atoms with Gasteiger partial charge in [-0.25, -0.2) is 8.42 Å². The Morgan fingerprint density at radius 2 is 1.77 bits per heavy atom. The van der Waals surface area contributed by atoms with E-state index in [4.69, 9.17) is 0 Å². The fourth-order valence-corrected chi connectivity index (χ4v) is 5.22. The van der Waals surface area contributed by atoms with Crippen LogP contribution in [0.2, 0.25) is 0 Å². The molecule has 2 amide bonds. The predicted octanol–water partition coefficient (Wildman–Crippen LogP) is 2.18. The second-order valence-electron chi connectivity index (χ2n) is 6.62. The van der Waals surface area contributed by atoms with Gasteiger partial charge in [-0.3, -0.25) is 9.59 Å². The van der Waals surface area contributed by atoms with Crippen LogP contribution in [0.15, 0.2) is 18.2 Å². The average Bonchev–Trinajstić information content (AvgIpc) is 2.95. The van der Waals surface area contributed by atoms with Gasteiger partial charge in [-0.05, 0) is 37.3 Å². The standard InChI is InChI=1S/C19H28N2O4S/c1-4-14-8-7-9-15(5-2)19(14)20-17(22)12-18(23)21(6-3)16-10-11-26(24,25)13-16/h7-9,16H,4-6,10-13H2,1-3H3,(H,20,22). The van der Waals surface area contributed by atoms with Gasteiger partial charge in [-0.15, -0.1) is 0 Å².